The summed E-state index contributed by atoms with van der Waals surface area (Å²) in [6.07, 6.45) is 10.2. The third kappa shape index (κ3) is 5.92. The first-order valence-electron chi connectivity index (χ1n) is 14.0. The zero-order chi connectivity index (χ0) is 25.8. The number of carbonyl (C=O) groups excluding carboxylic acids is 1. The van der Waals surface area contributed by atoms with E-state index in [0.29, 0.717) is 17.7 Å². The minimum absolute atomic E-state index is 0.142. The van der Waals surface area contributed by atoms with E-state index < -0.39 is 0 Å². The summed E-state index contributed by atoms with van der Waals surface area (Å²) < 4.78 is 11.0. The molecule has 2 saturated carbocycles. The van der Waals surface area contributed by atoms with Crippen LogP contribution in [0.25, 0.3) is 11.3 Å². The summed E-state index contributed by atoms with van der Waals surface area (Å²) in [5, 5.41) is 4.05. The highest BCUT2D eigenvalue weighted by Crippen LogP contribution is 2.39. The molecular formula is C32H40N2O3. The van der Waals surface area contributed by atoms with E-state index >= 15 is 0 Å². The summed E-state index contributed by atoms with van der Waals surface area (Å²) in [6.45, 7) is 4.85. The molecule has 1 amide bonds. The summed E-state index contributed by atoms with van der Waals surface area (Å²) >= 11 is 0. The molecule has 2 aliphatic rings. The maximum absolute atomic E-state index is 13.9. The molecule has 1 aromatic heterocycles. The Morgan fingerprint density at radius 2 is 1.76 bits per heavy atom. The van der Waals surface area contributed by atoms with Crippen molar-refractivity contribution in [3.8, 4) is 17.1 Å². The van der Waals surface area contributed by atoms with Crippen LogP contribution < -0.4 is 9.64 Å². The second-order valence-corrected chi connectivity index (χ2v) is 11.1. The van der Waals surface area contributed by atoms with Crippen molar-refractivity contribution in [2.45, 2.75) is 77.6 Å². The fraction of sp³-hybridized carbons (Fsp3) is 0.500. The maximum Gasteiger partial charge on any atom is 0.230 e. The van der Waals surface area contributed by atoms with Crippen molar-refractivity contribution in [1.82, 2.24) is 5.16 Å². The van der Waals surface area contributed by atoms with E-state index in [1.807, 2.05) is 25.1 Å². The van der Waals surface area contributed by atoms with E-state index in [2.05, 4.69) is 47.3 Å². The van der Waals surface area contributed by atoms with E-state index in [4.69, 9.17) is 9.26 Å². The number of nitrogens with zero attached hydrogens (tertiary/aromatic N) is 2. The van der Waals surface area contributed by atoms with Crippen LogP contribution in [0.3, 0.4) is 0 Å². The van der Waals surface area contributed by atoms with Crippen molar-refractivity contribution in [1.29, 1.82) is 0 Å². The second kappa shape index (κ2) is 11.5. The van der Waals surface area contributed by atoms with Crippen LogP contribution in [0.4, 0.5) is 5.69 Å². The molecular weight excluding hydrogens is 460 g/mol. The number of methoxy groups -OCH3 is 1. The second-order valence-electron chi connectivity index (χ2n) is 11.1. The third-order valence-electron chi connectivity index (χ3n) is 8.47. The van der Waals surface area contributed by atoms with Crippen LogP contribution >= 0.6 is 0 Å². The zero-order valence-corrected chi connectivity index (χ0v) is 22.5. The number of anilines is 1. The van der Waals surface area contributed by atoms with Gasteiger partial charge in [-0.05, 0) is 93.5 Å². The Labute approximate surface area is 221 Å². The Kier molecular flexibility index (Phi) is 7.97. The summed E-state index contributed by atoms with van der Waals surface area (Å²) in [6, 6.07) is 16.8. The predicted octanol–water partition coefficient (Wildman–Crippen LogP) is 7.85. The van der Waals surface area contributed by atoms with Crippen LogP contribution in [-0.2, 0) is 4.79 Å². The standard InChI is InChI=1S/C32H40N2O3/c1-22-18-27(16-17-30(22)36-3)25-14-12-24(13-15-25)21-34(32(35)26-8-5-4-6-9-26)29-11-7-10-28(20-29)31-19-23(2)33-37-31/h7,10-11,16-20,24-26H,4-6,8-9,12-15,21H2,1-3H3. The maximum atomic E-state index is 13.9. The zero-order valence-electron chi connectivity index (χ0n) is 22.5. The Balaban J connectivity index is 1.32. The molecule has 0 atom stereocenters. The fourth-order valence-corrected chi connectivity index (χ4v) is 6.31. The van der Waals surface area contributed by atoms with Crippen molar-refractivity contribution in [3.05, 3.63) is 65.4 Å². The number of hydrogen-bond acceptors (Lipinski definition) is 4. The molecule has 2 fully saturated rings. The minimum Gasteiger partial charge on any atom is -0.496 e. The predicted molar refractivity (Wildman–Crippen MR) is 148 cm³/mol. The molecule has 0 N–H and O–H groups in total. The van der Waals surface area contributed by atoms with Gasteiger partial charge in [0.05, 0.1) is 12.8 Å². The van der Waals surface area contributed by atoms with Crippen LogP contribution in [0.1, 0.15) is 80.5 Å². The first-order valence-corrected chi connectivity index (χ1v) is 14.0. The van der Waals surface area contributed by atoms with Gasteiger partial charge in [-0.2, -0.15) is 0 Å². The highest BCUT2D eigenvalue weighted by Gasteiger charge is 2.31. The van der Waals surface area contributed by atoms with Crippen LogP contribution in [0.5, 0.6) is 5.75 Å². The molecule has 0 unspecified atom stereocenters. The summed E-state index contributed by atoms with van der Waals surface area (Å²) in [4.78, 5) is 16.0. The molecule has 0 spiro atoms. The van der Waals surface area contributed by atoms with Gasteiger partial charge >= 0.3 is 0 Å². The average molecular weight is 501 g/mol. The van der Waals surface area contributed by atoms with Crippen LogP contribution in [0.2, 0.25) is 0 Å². The van der Waals surface area contributed by atoms with E-state index in [0.717, 1.165) is 73.5 Å². The molecule has 0 aliphatic heterocycles. The molecule has 1 heterocycles. The van der Waals surface area contributed by atoms with Gasteiger partial charge in [0.1, 0.15) is 5.75 Å². The van der Waals surface area contributed by atoms with Gasteiger partial charge < -0.3 is 14.2 Å². The van der Waals surface area contributed by atoms with Gasteiger partial charge in [-0.3, -0.25) is 4.79 Å². The topological polar surface area (TPSA) is 55.6 Å². The van der Waals surface area contributed by atoms with Gasteiger partial charge in [-0.1, -0.05) is 48.7 Å². The lowest BCUT2D eigenvalue weighted by Gasteiger charge is -2.35. The van der Waals surface area contributed by atoms with E-state index in [9.17, 15) is 4.79 Å². The van der Waals surface area contributed by atoms with Crippen LogP contribution in [0, 0.1) is 25.7 Å². The van der Waals surface area contributed by atoms with Gasteiger partial charge in [0.2, 0.25) is 5.91 Å². The Hall–Kier alpha value is -3.08. The lowest BCUT2D eigenvalue weighted by Crippen LogP contribution is -2.41. The van der Waals surface area contributed by atoms with Crippen molar-refractivity contribution in [3.63, 3.8) is 0 Å². The number of benzene rings is 2. The first-order chi connectivity index (χ1) is 18.0. The average Bonchev–Trinajstić information content (AvgIpc) is 3.38. The molecule has 37 heavy (non-hydrogen) atoms. The molecule has 5 heteroatoms. The fourth-order valence-electron chi connectivity index (χ4n) is 6.31. The van der Waals surface area contributed by atoms with Crippen molar-refractivity contribution >= 4 is 11.6 Å². The normalized spacial score (nSPS) is 20.5. The van der Waals surface area contributed by atoms with Gasteiger partial charge in [0.25, 0.3) is 0 Å². The summed E-state index contributed by atoms with van der Waals surface area (Å²) in [7, 11) is 1.73. The van der Waals surface area contributed by atoms with Crippen LogP contribution in [0.15, 0.2) is 53.1 Å². The van der Waals surface area contributed by atoms with Crippen LogP contribution in [-0.4, -0.2) is 24.7 Å². The molecule has 0 radical (unpaired) electrons. The molecule has 5 nitrogen and oxygen atoms in total. The summed E-state index contributed by atoms with van der Waals surface area (Å²) in [5.74, 6) is 3.25. The molecule has 0 saturated heterocycles. The molecule has 3 aromatic rings. The van der Waals surface area contributed by atoms with E-state index in [1.165, 1.54) is 30.4 Å². The smallest absolute Gasteiger partial charge is 0.230 e. The largest absolute Gasteiger partial charge is 0.496 e. The third-order valence-corrected chi connectivity index (χ3v) is 8.47. The monoisotopic (exact) mass is 500 g/mol. The van der Waals surface area contributed by atoms with Crippen molar-refractivity contribution in [2.75, 3.05) is 18.6 Å². The number of ether oxygens (including phenoxy) is 1. The Morgan fingerprint density at radius 3 is 2.43 bits per heavy atom. The molecule has 196 valence electrons. The minimum atomic E-state index is 0.142. The van der Waals surface area contributed by atoms with E-state index in [-0.39, 0.29) is 5.92 Å². The quantitative estimate of drug-likeness (QED) is 0.331. The number of hydrogen-bond donors (Lipinski definition) is 0. The van der Waals surface area contributed by atoms with Gasteiger partial charge in [-0.25, -0.2) is 0 Å². The van der Waals surface area contributed by atoms with Gasteiger partial charge in [0.15, 0.2) is 5.76 Å². The first kappa shape index (κ1) is 25.6. The van der Waals surface area contributed by atoms with E-state index in [1.54, 1.807) is 7.11 Å². The SMILES string of the molecule is COc1ccc(C2CCC(CN(C(=O)C3CCCCC3)c3cccc(-c4cc(C)no4)c3)CC2)cc1C. The number of amides is 1. The molecule has 2 aliphatic carbocycles. The highest BCUT2D eigenvalue weighted by atomic mass is 16.5. The number of rotatable bonds is 7. The summed E-state index contributed by atoms with van der Waals surface area (Å²) in [5.41, 5.74) is 5.43. The van der Waals surface area contributed by atoms with Crippen molar-refractivity contribution in [2.24, 2.45) is 11.8 Å². The number of aryl methyl sites for hydroxylation is 2. The Morgan fingerprint density at radius 1 is 0.973 bits per heavy atom. The van der Waals surface area contributed by atoms with Crippen molar-refractivity contribution < 1.29 is 14.1 Å². The number of aromatic nitrogens is 1. The van der Waals surface area contributed by atoms with Gasteiger partial charge in [-0.15, -0.1) is 0 Å². The van der Waals surface area contributed by atoms with Gasteiger partial charge in [0, 0.05) is 29.8 Å². The highest BCUT2D eigenvalue weighted by molar-refractivity contribution is 5.95. The molecule has 5 rings (SSSR count). The lowest BCUT2D eigenvalue weighted by atomic mass is 9.78. The molecule has 0 bridgehead atoms. The molecule has 2 aromatic carbocycles. The Bertz CT molecular complexity index is 1200. The number of carbonyl (C=O) groups is 1. The lowest BCUT2D eigenvalue weighted by molar-refractivity contribution is -0.123.